The molecule has 0 bridgehead atoms. The van der Waals surface area contributed by atoms with E-state index in [0.717, 1.165) is 30.8 Å². The molecular weight excluding hydrogens is 408 g/mol. The molecule has 3 nitrogen and oxygen atoms in total. The molecule has 0 aromatic heterocycles. The van der Waals surface area contributed by atoms with Crippen molar-refractivity contribution in [2.24, 2.45) is 46.3 Å². The highest BCUT2D eigenvalue weighted by Gasteiger charge is 2.61. The Morgan fingerprint density at radius 1 is 1.18 bits per heavy atom. The molecule has 0 aromatic rings. The molecule has 5 unspecified atom stereocenters. The fraction of sp³-hybridized carbons (Fsp3) is 0.833. The zero-order valence-electron chi connectivity index (χ0n) is 21.8. The van der Waals surface area contributed by atoms with Gasteiger partial charge in [-0.1, -0.05) is 51.8 Å². The van der Waals surface area contributed by atoms with Crippen LogP contribution < -0.4 is 0 Å². The summed E-state index contributed by atoms with van der Waals surface area (Å²) in [6.45, 7) is 13.8. The lowest BCUT2D eigenvalue weighted by Gasteiger charge is -2.60. The van der Waals surface area contributed by atoms with Crippen LogP contribution in [-0.2, 0) is 9.53 Å². The van der Waals surface area contributed by atoms with Crippen molar-refractivity contribution < 1.29 is 14.6 Å². The highest BCUT2D eigenvalue weighted by Crippen LogP contribution is 2.67. The first-order chi connectivity index (χ1) is 15.6. The summed E-state index contributed by atoms with van der Waals surface area (Å²) in [4.78, 5) is 12.6. The van der Waals surface area contributed by atoms with Gasteiger partial charge in [0.05, 0.1) is 6.10 Å². The fourth-order valence-electron chi connectivity index (χ4n) is 9.70. The molecule has 0 radical (unpaired) electrons. The van der Waals surface area contributed by atoms with E-state index in [4.69, 9.17) is 4.74 Å². The van der Waals surface area contributed by atoms with Gasteiger partial charge in [0.2, 0.25) is 0 Å². The van der Waals surface area contributed by atoms with E-state index in [1.165, 1.54) is 44.1 Å². The van der Waals surface area contributed by atoms with Crippen molar-refractivity contribution in [1.29, 1.82) is 0 Å². The van der Waals surface area contributed by atoms with E-state index in [2.05, 4.69) is 47.6 Å². The Balaban J connectivity index is 1.38. The minimum absolute atomic E-state index is 0.0161. The number of carbonyl (C=O) groups is 1. The summed E-state index contributed by atoms with van der Waals surface area (Å²) in [5.41, 5.74) is 4.01. The number of ether oxygens (including phenoxy) is 1. The second kappa shape index (κ2) is 8.25. The predicted octanol–water partition coefficient (Wildman–Crippen LogP) is 6.85. The van der Waals surface area contributed by atoms with Gasteiger partial charge in [0.1, 0.15) is 6.10 Å². The molecule has 184 valence electrons. The molecule has 3 heteroatoms. The summed E-state index contributed by atoms with van der Waals surface area (Å²) in [6, 6.07) is 0. The van der Waals surface area contributed by atoms with Gasteiger partial charge < -0.3 is 9.84 Å². The zero-order valence-corrected chi connectivity index (χ0v) is 21.8. The summed E-state index contributed by atoms with van der Waals surface area (Å²) >= 11 is 0. The van der Waals surface area contributed by atoms with Gasteiger partial charge in [-0.05, 0) is 99.2 Å². The monoisotopic (exact) mass is 454 g/mol. The molecule has 3 fully saturated rings. The summed E-state index contributed by atoms with van der Waals surface area (Å²) in [7, 11) is 0. The third kappa shape index (κ3) is 3.42. The molecule has 4 aliphatic carbocycles. The Bertz CT molecular complexity index is 870. The third-order valence-corrected chi connectivity index (χ3v) is 11.6. The van der Waals surface area contributed by atoms with Crippen molar-refractivity contribution in [2.45, 2.75) is 112 Å². The van der Waals surface area contributed by atoms with Crippen molar-refractivity contribution in [3.63, 3.8) is 0 Å². The molecule has 0 aromatic carbocycles. The average molecular weight is 455 g/mol. The minimum atomic E-state index is -0.190. The van der Waals surface area contributed by atoms with Gasteiger partial charge >= 0.3 is 5.97 Å². The van der Waals surface area contributed by atoms with Crippen molar-refractivity contribution in [1.82, 2.24) is 0 Å². The number of rotatable bonds is 3. The molecule has 33 heavy (non-hydrogen) atoms. The highest BCUT2D eigenvalue weighted by atomic mass is 16.5. The molecule has 0 amide bonds. The number of cyclic esters (lactones) is 1. The van der Waals surface area contributed by atoms with E-state index < -0.39 is 0 Å². The van der Waals surface area contributed by atoms with Crippen LogP contribution in [0.25, 0.3) is 0 Å². The molecule has 1 aliphatic heterocycles. The van der Waals surface area contributed by atoms with Gasteiger partial charge in [-0.3, -0.25) is 0 Å². The molecule has 10 atom stereocenters. The first-order valence-corrected chi connectivity index (χ1v) is 13.9. The number of aliphatic hydroxyl groups excluding tert-OH is 1. The molecule has 1 N–H and O–H groups in total. The van der Waals surface area contributed by atoms with Gasteiger partial charge in [0, 0.05) is 17.4 Å². The fourth-order valence-corrected chi connectivity index (χ4v) is 9.70. The lowest BCUT2D eigenvalue weighted by Crippen LogP contribution is -2.55. The summed E-state index contributed by atoms with van der Waals surface area (Å²) < 4.78 is 6.04. The lowest BCUT2D eigenvalue weighted by molar-refractivity contribution is -0.152. The Morgan fingerprint density at radius 2 is 1.94 bits per heavy atom. The zero-order chi connectivity index (χ0) is 23.7. The van der Waals surface area contributed by atoms with Crippen LogP contribution in [0.1, 0.15) is 99.3 Å². The number of aliphatic hydroxyl groups is 1. The molecule has 0 spiro atoms. The predicted molar refractivity (Wildman–Crippen MR) is 132 cm³/mol. The van der Waals surface area contributed by atoms with E-state index in [9.17, 15) is 9.90 Å². The Labute approximate surface area is 201 Å². The quantitative estimate of drug-likeness (QED) is 0.375. The number of fused-ring (bicyclic) bond motifs is 5. The summed E-state index contributed by atoms with van der Waals surface area (Å²) in [6.07, 6.45) is 12.5. The Morgan fingerprint density at radius 3 is 2.64 bits per heavy atom. The molecule has 1 heterocycles. The van der Waals surface area contributed by atoms with Crippen LogP contribution >= 0.6 is 0 Å². The van der Waals surface area contributed by atoms with Crippen LogP contribution in [0.2, 0.25) is 0 Å². The number of hydrogen-bond acceptors (Lipinski definition) is 3. The van der Waals surface area contributed by atoms with Crippen LogP contribution in [0, 0.1) is 46.3 Å². The van der Waals surface area contributed by atoms with Crippen molar-refractivity contribution in [3.8, 4) is 0 Å². The SMILES string of the molecule is CCC1=C(C)CC([C@@H](C)C2CCC3C4CC=C5C[C@@H](C)C[C@H](O)[C@]5(C)C4CC[C@@]32C)OC1=O. The number of carbonyl (C=O) groups excluding carboxylic acids is 1. The standard InChI is InChI=1S/C30H46O3/c1-7-21-18(3)16-26(33-28(21)32)19(4)23-10-11-24-22-9-8-20-14-17(2)15-27(31)30(20,6)25(22)12-13-29(23,24)5/h8,17,19,22-27,31H,7,9-16H2,1-6H3/t17-,19+,22?,23?,24?,25?,26?,27+,29-,30+/m1/s1. The molecule has 0 saturated heterocycles. The van der Waals surface area contributed by atoms with Crippen LogP contribution in [-0.4, -0.2) is 23.3 Å². The van der Waals surface area contributed by atoms with E-state index in [1.54, 1.807) is 5.57 Å². The maximum absolute atomic E-state index is 12.6. The van der Waals surface area contributed by atoms with Crippen LogP contribution in [0.4, 0.5) is 0 Å². The van der Waals surface area contributed by atoms with E-state index in [0.29, 0.717) is 35.0 Å². The van der Waals surface area contributed by atoms with Gasteiger partial charge in [0.25, 0.3) is 0 Å². The van der Waals surface area contributed by atoms with Crippen molar-refractivity contribution in [3.05, 3.63) is 22.8 Å². The maximum atomic E-state index is 12.6. The normalized spacial score (nSPS) is 48.4. The smallest absolute Gasteiger partial charge is 0.334 e. The van der Waals surface area contributed by atoms with Crippen molar-refractivity contribution >= 4 is 5.97 Å². The largest absolute Gasteiger partial charge is 0.458 e. The first kappa shape index (κ1) is 23.6. The second-order valence-corrected chi connectivity index (χ2v) is 13.0. The van der Waals surface area contributed by atoms with Gasteiger partial charge in [-0.15, -0.1) is 0 Å². The van der Waals surface area contributed by atoms with E-state index in [1.807, 2.05) is 0 Å². The average Bonchev–Trinajstić information content (AvgIpc) is 3.11. The number of esters is 1. The first-order valence-electron chi connectivity index (χ1n) is 13.9. The number of hydrogen-bond donors (Lipinski definition) is 1. The van der Waals surface area contributed by atoms with Crippen LogP contribution in [0.5, 0.6) is 0 Å². The topological polar surface area (TPSA) is 46.5 Å². The van der Waals surface area contributed by atoms with E-state index in [-0.39, 0.29) is 23.6 Å². The van der Waals surface area contributed by atoms with Gasteiger partial charge in [-0.25, -0.2) is 4.79 Å². The maximum Gasteiger partial charge on any atom is 0.334 e. The van der Waals surface area contributed by atoms with Crippen molar-refractivity contribution in [2.75, 3.05) is 0 Å². The summed E-state index contributed by atoms with van der Waals surface area (Å²) in [5, 5.41) is 11.3. The molecule has 5 aliphatic rings. The summed E-state index contributed by atoms with van der Waals surface area (Å²) in [5.74, 6) is 3.60. The minimum Gasteiger partial charge on any atom is -0.458 e. The molecule has 5 rings (SSSR count). The number of allylic oxidation sites excluding steroid dienone is 1. The van der Waals surface area contributed by atoms with Crippen LogP contribution in [0.15, 0.2) is 22.8 Å². The molecule has 3 saturated carbocycles. The lowest BCUT2D eigenvalue weighted by atomic mass is 9.46. The Hall–Kier alpha value is -1.09. The third-order valence-electron chi connectivity index (χ3n) is 11.6. The second-order valence-electron chi connectivity index (χ2n) is 13.0. The Kier molecular flexibility index (Phi) is 5.91. The van der Waals surface area contributed by atoms with Crippen LogP contribution in [0.3, 0.4) is 0 Å². The van der Waals surface area contributed by atoms with Gasteiger partial charge in [0.15, 0.2) is 0 Å². The molecular formula is C30H46O3. The van der Waals surface area contributed by atoms with Gasteiger partial charge in [-0.2, -0.15) is 0 Å². The van der Waals surface area contributed by atoms with E-state index >= 15 is 0 Å². The highest BCUT2D eigenvalue weighted by molar-refractivity contribution is 5.90.